The number of nitriles is 2. The molecule has 0 saturated carbocycles. The Morgan fingerprint density at radius 1 is 0.792 bits per heavy atom. The van der Waals surface area contributed by atoms with E-state index in [9.17, 15) is 20.7 Å². The van der Waals surface area contributed by atoms with Gasteiger partial charge in [-0.1, -0.05) is 0 Å². The van der Waals surface area contributed by atoms with Gasteiger partial charge in [0.05, 0.1) is 24.6 Å². The highest BCUT2D eigenvalue weighted by Gasteiger charge is 2.18. The molecule has 3 rings (SSSR count). The zero-order chi connectivity index (χ0) is 17.1. The van der Waals surface area contributed by atoms with E-state index in [-0.39, 0.29) is 24.6 Å². The average molecular weight is 320 g/mol. The highest BCUT2D eigenvalue weighted by molar-refractivity contribution is 5.75. The van der Waals surface area contributed by atoms with Crippen LogP contribution in [0.5, 0.6) is 0 Å². The quantitative estimate of drug-likeness (QED) is 0.568. The fourth-order valence-electron chi connectivity index (χ4n) is 2.31. The van der Waals surface area contributed by atoms with Gasteiger partial charge in [0.15, 0.2) is 11.4 Å². The topological polar surface area (TPSA) is 145 Å². The van der Waals surface area contributed by atoms with Crippen molar-refractivity contribution in [3.63, 3.8) is 0 Å². The molecule has 0 atom stereocenters. The first kappa shape index (κ1) is 15.4. The molecule has 0 spiro atoms. The molecule has 0 aliphatic heterocycles. The van der Waals surface area contributed by atoms with Gasteiger partial charge in [0.1, 0.15) is 23.5 Å². The molecule has 0 fully saturated rings. The molecule has 0 radical (unpaired) electrons. The molecule has 0 saturated heterocycles. The lowest BCUT2D eigenvalue weighted by Gasteiger charge is -2.07. The van der Waals surface area contributed by atoms with Crippen molar-refractivity contribution in [3.8, 4) is 34.9 Å². The van der Waals surface area contributed by atoms with Crippen LogP contribution in [0.3, 0.4) is 0 Å². The van der Waals surface area contributed by atoms with Gasteiger partial charge >= 0.3 is 0 Å². The second kappa shape index (κ2) is 6.34. The first-order chi connectivity index (χ1) is 11.7. The van der Waals surface area contributed by atoms with Gasteiger partial charge < -0.3 is 20.2 Å². The molecule has 0 aliphatic carbocycles. The van der Waals surface area contributed by atoms with Crippen LogP contribution in [0.25, 0.3) is 22.8 Å². The van der Waals surface area contributed by atoms with Crippen LogP contribution in [0.1, 0.15) is 22.8 Å². The Morgan fingerprint density at radius 2 is 1.21 bits per heavy atom. The molecule has 4 N–H and O–H groups in total. The van der Waals surface area contributed by atoms with Gasteiger partial charge in [0, 0.05) is 11.4 Å². The number of H-pyrrole nitrogens is 2. The largest absolute Gasteiger partial charge is 0.390 e. The zero-order valence-electron chi connectivity index (χ0n) is 12.4. The van der Waals surface area contributed by atoms with E-state index >= 15 is 0 Å². The molecule has 0 bridgehead atoms. The minimum absolute atomic E-state index is 0.0784. The first-order valence-electron chi connectivity index (χ1n) is 7.00. The number of aromatic amines is 2. The van der Waals surface area contributed by atoms with Crippen molar-refractivity contribution in [2.45, 2.75) is 13.2 Å². The van der Waals surface area contributed by atoms with Crippen LogP contribution in [0.4, 0.5) is 0 Å². The monoisotopic (exact) mass is 320 g/mol. The van der Waals surface area contributed by atoms with Crippen LogP contribution in [-0.2, 0) is 13.2 Å². The Morgan fingerprint density at radius 3 is 1.50 bits per heavy atom. The van der Waals surface area contributed by atoms with Crippen LogP contribution in [0.2, 0.25) is 0 Å². The molecule has 0 amide bonds. The van der Waals surface area contributed by atoms with Crippen LogP contribution in [0.15, 0.2) is 24.3 Å². The number of hydrogen-bond acceptors (Lipinski definition) is 6. The van der Waals surface area contributed by atoms with Gasteiger partial charge in [-0.25, -0.2) is 9.97 Å². The third-order valence-electron chi connectivity index (χ3n) is 3.45. The Hall–Kier alpha value is -3.46. The molecular weight excluding hydrogens is 308 g/mol. The summed E-state index contributed by atoms with van der Waals surface area (Å²) in [6, 6.07) is 10.5. The first-order valence-corrected chi connectivity index (χ1v) is 7.00. The molecule has 3 aromatic heterocycles. The second-order valence-electron chi connectivity index (χ2n) is 4.95. The molecule has 0 aliphatic rings. The minimum Gasteiger partial charge on any atom is -0.390 e. The van der Waals surface area contributed by atoms with E-state index in [0.717, 1.165) is 0 Å². The number of aromatic nitrogens is 4. The summed E-state index contributed by atoms with van der Waals surface area (Å²) in [7, 11) is 0. The second-order valence-corrected chi connectivity index (χ2v) is 4.95. The number of nitrogens with one attached hydrogen (secondary N) is 2. The summed E-state index contributed by atoms with van der Waals surface area (Å²) in [4.78, 5) is 14.5. The minimum atomic E-state index is -0.165. The fraction of sp³-hybridized carbons (Fsp3) is 0.125. The number of nitrogens with zero attached hydrogens (tertiary/aromatic N) is 4. The van der Waals surface area contributed by atoms with Crippen LogP contribution in [-0.4, -0.2) is 30.1 Å². The van der Waals surface area contributed by atoms with E-state index in [1.807, 2.05) is 12.1 Å². The summed E-state index contributed by atoms with van der Waals surface area (Å²) < 4.78 is 0. The van der Waals surface area contributed by atoms with Crippen molar-refractivity contribution >= 4 is 0 Å². The third kappa shape index (κ3) is 2.63. The molecule has 8 heteroatoms. The van der Waals surface area contributed by atoms with Gasteiger partial charge in [-0.05, 0) is 24.3 Å². The van der Waals surface area contributed by atoms with Crippen LogP contribution in [0, 0.1) is 22.7 Å². The Kier molecular flexibility index (Phi) is 4.08. The predicted octanol–water partition coefficient (Wildman–Crippen LogP) is 1.19. The third-order valence-corrected chi connectivity index (χ3v) is 3.45. The van der Waals surface area contributed by atoms with E-state index in [2.05, 4.69) is 19.9 Å². The van der Waals surface area contributed by atoms with E-state index in [1.165, 1.54) is 0 Å². The lowest BCUT2D eigenvalue weighted by molar-refractivity contribution is 0.277. The Balaban J connectivity index is 2.25. The highest BCUT2D eigenvalue weighted by Crippen LogP contribution is 2.29. The summed E-state index contributed by atoms with van der Waals surface area (Å²) >= 11 is 0. The molecule has 0 aromatic carbocycles. The fourth-order valence-corrected chi connectivity index (χ4v) is 2.31. The maximum Gasteiger partial charge on any atom is 0.177 e. The van der Waals surface area contributed by atoms with Crippen LogP contribution >= 0.6 is 0 Å². The standard InChI is InChI=1S/C16H12N6O2/c17-5-13-14(6-18)22-16(12-4-2-10(8-24)20-12)15(21-13)11-3-1-9(7-23)19-11/h1-4,19-20,23-24H,7-8H2. The van der Waals surface area contributed by atoms with E-state index < -0.39 is 0 Å². The average Bonchev–Trinajstić information content (AvgIpc) is 3.29. The van der Waals surface area contributed by atoms with Gasteiger partial charge in [0.25, 0.3) is 0 Å². The lowest BCUT2D eigenvalue weighted by atomic mass is 10.1. The number of rotatable bonds is 4. The number of aliphatic hydroxyl groups is 2. The number of aliphatic hydroxyl groups excluding tert-OH is 2. The van der Waals surface area contributed by atoms with Gasteiger partial charge in [-0.2, -0.15) is 10.5 Å². The van der Waals surface area contributed by atoms with Crippen molar-refractivity contribution in [3.05, 3.63) is 47.0 Å². The van der Waals surface area contributed by atoms with Crippen LogP contribution < -0.4 is 0 Å². The summed E-state index contributed by atoms with van der Waals surface area (Å²) in [5.74, 6) is 0. The maximum atomic E-state index is 9.21. The highest BCUT2D eigenvalue weighted by atomic mass is 16.3. The van der Waals surface area contributed by atoms with E-state index in [1.54, 1.807) is 24.3 Å². The van der Waals surface area contributed by atoms with Crippen molar-refractivity contribution in [2.24, 2.45) is 0 Å². The van der Waals surface area contributed by atoms with Gasteiger partial charge in [0.2, 0.25) is 0 Å². The van der Waals surface area contributed by atoms with Crippen molar-refractivity contribution < 1.29 is 10.2 Å². The molecule has 0 unspecified atom stereocenters. The van der Waals surface area contributed by atoms with Crippen molar-refractivity contribution in [2.75, 3.05) is 0 Å². The smallest absolute Gasteiger partial charge is 0.177 e. The van der Waals surface area contributed by atoms with E-state index in [0.29, 0.717) is 34.2 Å². The molecule has 24 heavy (non-hydrogen) atoms. The van der Waals surface area contributed by atoms with Crippen molar-refractivity contribution in [1.82, 2.24) is 19.9 Å². The summed E-state index contributed by atoms with van der Waals surface area (Å²) in [5.41, 5.74) is 2.88. The predicted molar refractivity (Wildman–Crippen MR) is 82.9 cm³/mol. The summed E-state index contributed by atoms with van der Waals surface area (Å²) in [5, 5.41) is 36.8. The lowest BCUT2D eigenvalue weighted by Crippen LogP contribution is -2.02. The zero-order valence-corrected chi connectivity index (χ0v) is 12.4. The summed E-state index contributed by atoms with van der Waals surface area (Å²) in [6.07, 6.45) is 0. The molecule has 3 aromatic rings. The maximum absolute atomic E-state index is 9.21. The van der Waals surface area contributed by atoms with E-state index in [4.69, 9.17) is 0 Å². The molecular formula is C16H12N6O2. The number of hydrogen-bond donors (Lipinski definition) is 4. The Labute approximate surface area is 136 Å². The molecule has 8 nitrogen and oxygen atoms in total. The Bertz CT molecular complexity index is 894. The molecule has 118 valence electrons. The van der Waals surface area contributed by atoms with Gasteiger partial charge in [-0.15, -0.1) is 0 Å². The van der Waals surface area contributed by atoms with Gasteiger partial charge in [-0.3, -0.25) is 0 Å². The SMILES string of the molecule is N#Cc1nc(-c2ccc(CO)[nH]2)c(-c2ccc(CO)[nH]2)nc1C#N. The van der Waals surface area contributed by atoms with Crippen molar-refractivity contribution in [1.29, 1.82) is 10.5 Å². The normalized spacial score (nSPS) is 10.3. The summed E-state index contributed by atoms with van der Waals surface area (Å²) in [6.45, 7) is -0.331. The molecule has 3 heterocycles.